The van der Waals surface area contributed by atoms with E-state index in [2.05, 4.69) is 120 Å². The van der Waals surface area contributed by atoms with Gasteiger partial charge in [0.05, 0.1) is 9.79 Å². The van der Waals surface area contributed by atoms with Crippen LogP contribution in [-0.4, -0.2) is 8.56 Å². The molecular weight excluding hydrogens is 485 g/mol. The minimum Gasteiger partial charge on any atom is -0.511 e. The minimum atomic E-state index is -2.58. The smallest absolute Gasteiger partial charge is 0.454 e. The van der Waals surface area contributed by atoms with E-state index in [4.69, 9.17) is 8.85 Å². The predicted octanol–water partition coefficient (Wildman–Crippen LogP) is 10.1. The minimum absolute atomic E-state index is 0.0437. The van der Waals surface area contributed by atoms with E-state index in [-0.39, 0.29) is 21.7 Å². The van der Waals surface area contributed by atoms with Crippen molar-refractivity contribution < 1.29 is 8.85 Å². The van der Waals surface area contributed by atoms with Crippen molar-refractivity contribution in [2.75, 3.05) is 0 Å². The lowest BCUT2D eigenvalue weighted by atomic mass is 9.80. The zero-order valence-electron chi connectivity index (χ0n) is 24.4. The fourth-order valence-corrected chi connectivity index (χ4v) is 8.00. The first-order valence-corrected chi connectivity index (χ1v) is 17.7. The lowest BCUT2D eigenvalue weighted by Crippen LogP contribution is -2.43. The van der Waals surface area contributed by atoms with Crippen molar-refractivity contribution in [3.05, 3.63) is 46.5 Å². The van der Waals surface area contributed by atoms with Crippen molar-refractivity contribution in [1.82, 2.24) is 0 Å². The number of fused-ring (bicyclic) bond motifs is 2. The Balaban J connectivity index is 2.31. The molecule has 2 aromatic rings. The molecule has 35 heavy (non-hydrogen) atoms. The summed E-state index contributed by atoms with van der Waals surface area (Å²) in [5, 5.41) is 0. The summed E-state index contributed by atoms with van der Waals surface area (Å²) in [5.41, 5.74) is 5.23. The Morgan fingerprint density at radius 3 is 1.09 bits per heavy atom. The molecule has 0 N–H and O–H groups in total. The summed E-state index contributed by atoms with van der Waals surface area (Å²) in [4.78, 5) is 2.39. The van der Waals surface area contributed by atoms with E-state index in [0.29, 0.717) is 0 Å². The largest absolute Gasteiger partial charge is 0.511 e. The average Bonchev–Trinajstić information content (AvgIpc) is 2.68. The van der Waals surface area contributed by atoms with Gasteiger partial charge in [-0.25, -0.2) is 0 Å². The Labute approximate surface area is 224 Å². The molecule has 0 saturated carbocycles. The molecule has 0 fully saturated rings. The molecule has 5 heteroatoms. The maximum absolute atomic E-state index is 6.93. The Bertz CT molecular complexity index is 1020. The molecule has 0 aromatic heterocycles. The predicted molar refractivity (Wildman–Crippen MR) is 158 cm³/mol. The zero-order chi connectivity index (χ0) is 26.8. The van der Waals surface area contributed by atoms with Crippen LogP contribution in [0.4, 0.5) is 0 Å². The van der Waals surface area contributed by atoms with E-state index in [1.807, 2.05) is 21.6 Å². The van der Waals surface area contributed by atoms with Crippen molar-refractivity contribution >= 4 is 30.1 Å². The highest BCUT2D eigenvalue weighted by Crippen LogP contribution is 2.53. The summed E-state index contributed by atoms with van der Waals surface area (Å²) in [7, 11) is 1.04. The second-order valence-corrected chi connectivity index (χ2v) is 19.9. The van der Waals surface area contributed by atoms with Crippen LogP contribution in [0.2, 0.25) is 13.1 Å². The quantitative estimate of drug-likeness (QED) is 0.249. The van der Waals surface area contributed by atoms with Crippen molar-refractivity contribution in [1.29, 1.82) is 0 Å². The normalized spacial score (nSPS) is 16.7. The first kappa shape index (κ1) is 28.5. The molecule has 0 radical (unpaired) electrons. The number of hydrogen-bond acceptors (Lipinski definition) is 4. The maximum Gasteiger partial charge on any atom is 0.454 e. The van der Waals surface area contributed by atoms with Crippen LogP contribution in [0.5, 0.6) is 11.5 Å². The van der Waals surface area contributed by atoms with Crippen molar-refractivity contribution in [2.45, 2.75) is 128 Å². The fourth-order valence-electron chi connectivity index (χ4n) is 4.12. The van der Waals surface area contributed by atoms with Crippen LogP contribution in [-0.2, 0) is 21.7 Å². The summed E-state index contributed by atoms with van der Waals surface area (Å²) in [6.07, 6.45) is 0. The molecule has 0 saturated heterocycles. The van der Waals surface area contributed by atoms with Crippen molar-refractivity contribution in [3.63, 3.8) is 0 Å². The van der Waals surface area contributed by atoms with Crippen LogP contribution in [0.1, 0.15) is 105 Å². The molecule has 0 bridgehead atoms. The highest BCUT2D eigenvalue weighted by Gasteiger charge is 2.38. The highest BCUT2D eigenvalue weighted by atomic mass is 33.1. The first-order valence-electron chi connectivity index (χ1n) is 12.7. The van der Waals surface area contributed by atoms with Gasteiger partial charge in [-0.05, 0) is 77.6 Å². The molecule has 0 amide bonds. The molecule has 2 nitrogen and oxygen atoms in total. The highest BCUT2D eigenvalue weighted by molar-refractivity contribution is 8.76. The molecule has 0 spiro atoms. The van der Waals surface area contributed by atoms with E-state index in [9.17, 15) is 0 Å². The summed E-state index contributed by atoms with van der Waals surface area (Å²) >= 11 is 0. The molecule has 1 aliphatic heterocycles. The maximum atomic E-state index is 6.93. The summed E-state index contributed by atoms with van der Waals surface area (Å²) in [6.45, 7) is 31.8. The lowest BCUT2D eigenvalue weighted by Gasteiger charge is -2.34. The number of hydrogen-bond donors (Lipinski definition) is 0. The third kappa shape index (κ3) is 6.45. The van der Waals surface area contributed by atoms with Gasteiger partial charge in [0.15, 0.2) is 0 Å². The van der Waals surface area contributed by atoms with Crippen LogP contribution < -0.4 is 8.85 Å². The van der Waals surface area contributed by atoms with Gasteiger partial charge in [-0.15, -0.1) is 0 Å². The second-order valence-electron chi connectivity index (χ2n) is 14.5. The van der Waals surface area contributed by atoms with Gasteiger partial charge >= 0.3 is 8.56 Å². The van der Waals surface area contributed by atoms with Crippen LogP contribution >= 0.6 is 21.6 Å². The monoisotopic (exact) mass is 530 g/mol. The Morgan fingerprint density at radius 2 is 0.829 bits per heavy atom. The molecule has 0 aliphatic carbocycles. The van der Waals surface area contributed by atoms with Crippen molar-refractivity contribution in [3.8, 4) is 11.5 Å². The molecule has 0 unspecified atom stereocenters. The lowest BCUT2D eigenvalue weighted by molar-refractivity contribution is 0.373. The van der Waals surface area contributed by atoms with E-state index < -0.39 is 8.56 Å². The first-order chi connectivity index (χ1) is 15.6. The van der Waals surface area contributed by atoms with Crippen LogP contribution in [0.15, 0.2) is 34.1 Å². The molecule has 3 rings (SSSR count). The van der Waals surface area contributed by atoms with Gasteiger partial charge in [0.1, 0.15) is 11.5 Å². The number of rotatable bonds is 0. The van der Waals surface area contributed by atoms with E-state index >= 15 is 0 Å². The summed E-state index contributed by atoms with van der Waals surface area (Å²) in [5.74, 6) is 2.00. The third-order valence-corrected chi connectivity index (χ3v) is 10.1. The SMILES string of the molecule is CC(C)(C)c1cc2c(c(C(C)(C)C)c1)O[Si](C)(C)Oc1c(cc(C(C)(C)C)cc1C(C)(C)C)SS2. The molecule has 194 valence electrons. The van der Waals surface area contributed by atoms with E-state index in [1.54, 1.807) is 0 Å². The van der Waals surface area contributed by atoms with Gasteiger partial charge < -0.3 is 8.85 Å². The Morgan fingerprint density at radius 1 is 0.514 bits per heavy atom. The van der Waals surface area contributed by atoms with Gasteiger partial charge in [0, 0.05) is 13.1 Å². The molecule has 2 aromatic carbocycles. The van der Waals surface area contributed by atoms with Crippen LogP contribution in [0, 0.1) is 0 Å². The second kappa shape index (κ2) is 9.06. The third-order valence-electron chi connectivity index (χ3n) is 6.37. The molecule has 1 heterocycles. The fraction of sp³-hybridized carbons (Fsp3) is 0.600. The van der Waals surface area contributed by atoms with Gasteiger partial charge in [-0.3, -0.25) is 0 Å². The standard InChI is InChI=1S/C30H46O2S2Si/c1-27(2,3)19-15-21(29(7,8)9)25-23(17-19)33-34-24-18-20(28(4,5)6)16-22(30(10,11)12)26(24)32-35(13,14)31-25/h15-18H,1-14H3. The Kier molecular flexibility index (Phi) is 7.38. The number of benzene rings is 2. The van der Waals surface area contributed by atoms with Gasteiger partial charge in [-0.1, -0.05) is 95.2 Å². The van der Waals surface area contributed by atoms with Gasteiger partial charge in [0.25, 0.3) is 0 Å². The molecule has 0 atom stereocenters. The van der Waals surface area contributed by atoms with E-state index in [0.717, 1.165) is 11.5 Å². The zero-order valence-corrected chi connectivity index (χ0v) is 27.1. The topological polar surface area (TPSA) is 18.5 Å². The summed E-state index contributed by atoms with van der Waals surface area (Å²) in [6, 6.07) is 9.40. The molecular formula is C30H46O2S2Si. The van der Waals surface area contributed by atoms with Gasteiger partial charge in [-0.2, -0.15) is 0 Å². The molecule has 1 aliphatic rings. The van der Waals surface area contributed by atoms with Crippen LogP contribution in [0.25, 0.3) is 0 Å². The van der Waals surface area contributed by atoms with Crippen molar-refractivity contribution in [2.24, 2.45) is 0 Å². The summed E-state index contributed by atoms with van der Waals surface area (Å²) < 4.78 is 13.9. The van der Waals surface area contributed by atoms with Crippen LogP contribution in [0.3, 0.4) is 0 Å². The Hall–Kier alpha value is -1.04. The average molecular weight is 531 g/mol. The van der Waals surface area contributed by atoms with Gasteiger partial charge in [0.2, 0.25) is 0 Å². The van der Waals surface area contributed by atoms with E-state index in [1.165, 1.54) is 32.0 Å².